The minimum absolute atomic E-state index is 0.163. The van der Waals surface area contributed by atoms with Gasteiger partial charge in [-0.15, -0.1) is 0 Å². The molecule has 2 nitrogen and oxygen atoms in total. The molecule has 0 fully saturated rings. The molecule has 0 amide bonds. The van der Waals surface area contributed by atoms with Gasteiger partial charge in [0, 0.05) is 19.2 Å². The Hall–Kier alpha value is -0.340. The number of methoxy groups -OCH3 is 1. The van der Waals surface area contributed by atoms with Crippen LogP contribution in [0.5, 0.6) is 0 Å². The van der Waals surface area contributed by atoms with Crippen LogP contribution in [-0.2, 0) is 4.74 Å². The van der Waals surface area contributed by atoms with Gasteiger partial charge in [0.25, 0.3) is 0 Å². The van der Waals surface area contributed by atoms with Crippen LogP contribution in [0.2, 0.25) is 0 Å². The van der Waals surface area contributed by atoms with Crippen LogP contribution in [0.4, 0.5) is 0 Å². The monoisotopic (exact) mass is 157 g/mol. The summed E-state index contributed by atoms with van der Waals surface area (Å²) < 4.78 is 4.93. The number of nitrogens with one attached hydrogen (secondary N) is 1. The molecular weight excluding hydrogens is 138 g/mol. The van der Waals surface area contributed by atoms with Crippen LogP contribution in [0, 0.1) is 0 Å². The lowest BCUT2D eigenvalue weighted by atomic mass is 10.1. The number of rotatable bonds is 4. The smallest absolute Gasteiger partial charge is 0.0682 e. The van der Waals surface area contributed by atoms with E-state index in [1.165, 1.54) is 0 Å². The van der Waals surface area contributed by atoms with Crippen LogP contribution in [0.15, 0.2) is 12.2 Å². The van der Waals surface area contributed by atoms with E-state index >= 15 is 0 Å². The van der Waals surface area contributed by atoms with Gasteiger partial charge in [-0.05, 0) is 26.3 Å². The highest BCUT2D eigenvalue weighted by atomic mass is 16.5. The summed E-state index contributed by atoms with van der Waals surface area (Å²) in [7, 11) is 1.68. The first-order valence-corrected chi connectivity index (χ1v) is 3.86. The summed E-state index contributed by atoms with van der Waals surface area (Å²) in [5.74, 6) is 0. The minimum Gasteiger partial charge on any atom is -0.380 e. The van der Waals surface area contributed by atoms with E-state index in [1.807, 2.05) is 0 Å². The second kappa shape index (κ2) is 4.52. The van der Waals surface area contributed by atoms with E-state index < -0.39 is 0 Å². The van der Waals surface area contributed by atoms with Crippen molar-refractivity contribution in [2.24, 2.45) is 0 Å². The molecule has 0 aromatic rings. The molecule has 66 valence electrons. The molecule has 0 unspecified atom stereocenters. The van der Waals surface area contributed by atoms with Crippen LogP contribution < -0.4 is 5.32 Å². The SMILES string of the molecule is C=C(CNC(C)(C)C)COC. The Labute approximate surface area is 69.6 Å². The molecule has 11 heavy (non-hydrogen) atoms. The maximum atomic E-state index is 4.93. The predicted molar refractivity (Wildman–Crippen MR) is 48.8 cm³/mol. The second-order valence-corrected chi connectivity index (χ2v) is 3.79. The van der Waals surface area contributed by atoms with Gasteiger partial charge in [-0.3, -0.25) is 0 Å². The highest BCUT2D eigenvalue weighted by molar-refractivity contribution is 4.98. The van der Waals surface area contributed by atoms with Crippen molar-refractivity contribution in [2.75, 3.05) is 20.3 Å². The summed E-state index contributed by atoms with van der Waals surface area (Å²) in [5, 5.41) is 3.33. The first kappa shape index (κ1) is 10.7. The van der Waals surface area contributed by atoms with Gasteiger partial charge in [0.05, 0.1) is 6.61 Å². The molecule has 2 heteroatoms. The summed E-state index contributed by atoms with van der Waals surface area (Å²) in [5.41, 5.74) is 1.25. The molecular formula is C9H19NO. The summed E-state index contributed by atoms with van der Waals surface area (Å²) in [6.07, 6.45) is 0. The van der Waals surface area contributed by atoms with E-state index in [0.29, 0.717) is 6.61 Å². The van der Waals surface area contributed by atoms with Crippen molar-refractivity contribution in [3.63, 3.8) is 0 Å². The van der Waals surface area contributed by atoms with Gasteiger partial charge in [-0.1, -0.05) is 6.58 Å². The van der Waals surface area contributed by atoms with Gasteiger partial charge < -0.3 is 10.1 Å². The molecule has 0 rings (SSSR count). The quantitative estimate of drug-likeness (QED) is 0.625. The van der Waals surface area contributed by atoms with Crippen molar-refractivity contribution in [3.05, 3.63) is 12.2 Å². The third kappa shape index (κ3) is 7.56. The van der Waals surface area contributed by atoms with Crippen LogP contribution in [0.3, 0.4) is 0 Å². The highest BCUT2D eigenvalue weighted by Gasteiger charge is 2.07. The largest absolute Gasteiger partial charge is 0.380 e. The summed E-state index contributed by atoms with van der Waals surface area (Å²) >= 11 is 0. The van der Waals surface area contributed by atoms with Crippen molar-refractivity contribution < 1.29 is 4.74 Å². The van der Waals surface area contributed by atoms with Gasteiger partial charge in [0.2, 0.25) is 0 Å². The molecule has 0 aliphatic rings. The third-order valence-corrected chi connectivity index (χ3v) is 1.22. The lowest BCUT2D eigenvalue weighted by Gasteiger charge is -2.21. The lowest BCUT2D eigenvalue weighted by Crippen LogP contribution is -2.37. The fraction of sp³-hybridized carbons (Fsp3) is 0.778. The molecule has 0 spiro atoms. The van der Waals surface area contributed by atoms with E-state index in [9.17, 15) is 0 Å². The van der Waals surface area contributed by atoms with E-state index in [2.05, 4.69) is 32.7 Å². The zero-order valence-corrected chi connectivity index (χ0v) is 8.03. The molecule has 0 radical (unpaired) electrons. The van der Waals surface area contributed by atoms with Crippen molar-refractivity contribution >= 4 is 0 Å². The molecule has 0 saturated carbocycles. The molecule has 0 aromatic heterocycles. The molecule has 0 aliphatic heterocycles. The van der Waals surface area contributed by atoms with Crippen LogP contribution >= 0.6 is 0 Å². The fourth-order valence-corrected chi connectivity index (χ4v) is 0.645. The van der Waals surface area contributed by atoms with Gasteiger partial charge in [-0.25, -0.2) is 0 Å². The van der Waals surface area contributed by atoms with Crippen molar-refractivity contribution in [1.29, 1.82) is 0 Å². The zero-order chi connectivity index (χ0) is 8.91. The Balaban J connectivity index is 3.46. The maximum absolute atomic E-state index is 4.93. The lowest BCUT2D eigenvalue weighted by molar-refractivity contribution is 0.222. The number of hydrogen-bond acceptors (Lipinski definition) is 2. The first-order valence-electron chi connectivity index (χ1n) is 3.86. The van der Waals surface area contributed by atoms with E-state index in [1.54, 1.807) is 7.11 Å². The van der Waals surface area contributed by atoms with Crippen LogP contribution in [0.1, 0.15) is 20.8 Å². The highest BCUT2D eigenvalue weighted by Crippen LogP contribution is 1.99. The Bertz CT molecular complexity index is 124. The summed E-state index contributed by atoms with van der Waals surface area (Å²) in [4.78, 5) is 0. The molecule has 0 bridgehead atoms. The van der Waals surface area contributed by atoms with Gasteiger partial charge in [0.1, 0.15) is 0 Å². The zero-order valence-electron chi connectivity index (χ0n) is 8.03. The number of ether oxygens (including phenoxy) is 1. The summed E-state index contributed by atoms with van der Waals surface area (Å²) in [6, 6.07) is 0. The molecule has 0 atom stereocenters. The average molecular weight is 157 g/mol. The maximum Gasteiger partial charge on any atom is 0.0682 e. The summed E-state index contributed by atoms with van der Waals surface area (Å²) in [6.45, 7) is 11.7. The molecule has 1 N–H and O–H groups in total. The van der Waals surface area contributed by atoms with E-state index in [-0.39, 0.29) is 5.54 Å². The van der Waals surface area contributed by atoms with Gasteiger partial charge in [0.15, 0.2) is 0 Å². The van der Waals surface area contributed by atoms with Gasteiger partial charge in [-0.2, -0.15) is 0 Å². The topological polar surface area (TPSA) is 21.3 Å². The Morgan fingerprint density at radius 3 is 2.36 bits per heavy atom. The van der Waals surface area contributed by atoms with Crippen molar-refractivity contribution in [1.82, 2.24) is 5.32 Å². The van der Waals surface area contributed by atoms with Crippen molar-refractivity contribution in [3.8, 4) is 0 Å². The average Bonchev–Trinajstić information content (AvgIpc) is 1.83. The molecule has 0 saturated heterocycles. The Morgan fingerprint density at radius 2 is 2.00 bits per heavy atom. The first-order chi connectivity index (χ1) is 4.95. The van der Waals surface area contributed by atoms with E-state index in [0.717, 1.165) is 12.1 Å². The standard InChI is InChI=1S/C9H19NO/c1-8(7-11-5)6-10-9(2,3)4/h10H,1,6-7H2,2-5H3. The Kier molecular flexibility index (Phi) is 4.38. The number of hydrogen-bond donors (Lipinski definition) is 1. The fourth-order valence-electron chi connectivity index (χ4n) is 0.645. The van der Waals surface area contributed by atoms with Crippen molar-refractivity contribution in [2.45, 2.75) is 26.3 Å². The third-order valence-electron chi connectivity index (χ3n) is 1.22. The predicted octanol–water partition coefficient (Wildman–Crippen LogP) is 1.58. The van der Waals surface area contributed by atoms with Crippen LogP contribution in [-0.4, -0.2) is 25.8 Å². The minimum atomic E-state index is 0.163. The molecule has 0 heterocycles. The van der Waals surface area contributed by atoms with Crippen LogP contribution in [0.25, 0.3) is 0 Å². The molecule has 0 aromatic carbocycles. The van der Waals surface area contributed by atoms with E-state index in [4.69, 9.17) is 4.74 Å². The normalized spacial score (nSPS) is 11.6. The Morgan fingerprint density at radius 1 is 1.45 bits per heavy atom. The second-order valence-electron chi connectivity index (χ2n) is 3.79. The van der Waals surface area contributed by atoms with Gasteiger partial charge >= 0.3 is 0 Å². The molecule has 0 aliphatic carbocycles.